The Bertz CT molecular complexity index is 1040. The van der Waals surface area contributed by atoms with E-state index in [1.54, 1.807) is 17.8 Å². The maximum Gasteiger partial charge on any atom is 0.326 e. The average Bonchev–Trinajstić information content (AvgIpc) is 2.93. The van der Waals surface area contributed by atoms with Gasteiger partial charge in [0.1, 0.15) is 6.04 Å². The normalized spacial score (nSPS) is 16.5. The number of aryl methyl sites for hydroxylation is 2. The van der Waals surface area contributed by atoms with Crippen molar-refractivity contribution in [3.8, 4) is 0 Å². The van der Waals surface area contributed by atoms with Gasteiger partial charge in [-0.1, -0.05) is 24.3 Å². The van der Waals surface area contributed by atoms with Crippen LogP contribution in [0.15, 0.2) is 36.5 Å². The van der Waals surface area contributed by atoms with Crippen LogP contribution in [0.4, 0.5) is 0 Å². The summed E-state index contributed by atoms with van der Waals surface area (Å²) in [7, 11) is 1.80. The summed E-state index contributed by atoms with van der Waals surface area (Å²) in [6.07, 6.45) is 1.80. The predicted octanol–water partition coefficient (Wildman–Crippen LogP) is 1.93. The zero-order valence-corrected chi connectivity index (χ0v) is 14.5. The number of pyridine rings is 1. The Hall–Kier alpha value is -3.22. The van der Waals surface area contributed by atoms with Gasteiger partial charge in [-0.3, -0.25) is 9.48 Å². The second-order valence-corrected chi connectivity index (χ2v) is 6.56. The van der Waals surface area contributed by atoms with E-state index in [0.717, 1.165) is 22.2 Å². The Kier molecular flexibility index (Phi) is 3.72. The summed E-state index contributed by atoms with van der Waals surface area (Å²) in [6.45, 7) is 2.13. The number of hydrogen-bond acceptors (Lipinski definition) is 4. The quantitative estimate of drug-likeness (QED) is 0.763. The highest BCUT2D eigenvalue weighted by molar-refractivity contribution is 5.99. The fourth-order valence-corrected chi connectivity index (χ4v) is 3.55. The molecule has 0 unspecified atom stereocenters. The van der Waals surface area contributed by atoms with Crippen LogP contribution in [0.3, 0.4) is 0 Å². The summed E-state index contributed by atoms with van der Waals surface area (Å²) >= 11 is 0. The van der Waals surface area contributed by atoms with Crippen LogP contribution >= 0.6 is 0 Å². The van der Waals surface area contributed by atoms with E-state index in [0.29, 0.717) is 17.6 Å². The molecule has 2 aromatic heterocycles. The number of amides is 1. The van der Waals surface area contributed by atoms with Crippen molar-refractivity contribution in [3.63, 3.8) is 0 Å². The minimum Gasteiger partial charge on any atom is -0.480 e. The molecular weight excluding hydrogens is 332 g/mol. The van der Waals surface area contributed by atoms with Gasteiger partial charge < -0.3 is 10.0 Å². The molecule has 1 amide bonds. The molecule has 1 aromatic carbocycles. The number of aromatic nitrogens is 3. The summed E-state index contributed by atoms with van der Waals surface area (Å²) < 4.78 is 1.66. The highest BCUT2D eigenvalue weighted by Gasteiger charge is 2.35. The Balaban J connectivity index is 1.74. The van der Waals surface area contributed by atoms with Gasteiger partial charge in [0, 0.05) is 31.6 Å². The molecule has 0 fully saturated rings. The van der Waals surface area contributed by atoms with E-state index in [1.165, 1.54) is 11.1 Å². The highest BCUT2D eigenvalue weighted by atomic mass is 16.4. The summed E-state index contributed by atoms with van der Waals surface area (Å²) in [6, 6.07) is 8.49. The Morgan fingerprint density at radius 2 is 1.96 bits per heavy atom. The van der Waals surface area contributed by atoms with Gasteiger partial charge >= 0.3 is 5.97 Å². The van der Waals surface area contributed by atoms with E-state index in [1.807, 2.05) is 31.2 Å². The third kappa shape index (κ3) is 2.52. The molecule has 0 saturated heterocycles. The average molecular weight is 350 g/mol. The lowest BCUT2D eigenvalue weighted by atomic mass is 9.93. The smallest absolute Gasteiger partial charge is 0.326 e. The van der Waals surface area contributed by atoms with Crippen molar-refractivity contribution >= 4 is 22.9 Å². The van der Waals surface area contributed by atoms with E-state index in [-0.39, 0.29) is 12.5 Å². The zero-order chi connectivity index (χ0) is 18.4. The lowest BCUT2D eigenvalue weighted by Gasteiger charge is -2.34. The molecule has 0 spiro atoms. The molecule has 132 valence electrons. The molecule has 4 rings (SSSR count). The molecule has 0 saturated carbocycles. The first-order chi connectivity index (χ1) is 12.5. The third-order valence-electron chi connectivity index (χ3n) is 4.90. The Morgan fingerprint density at radius 1 is 1.23 bits per heavy atom. The molecule has 3 heterocycles. The van der Waals surface area contributed by atoms with Crippen LogP contribution in [0.25, 0.3) is 11.0 Å². The van der Waals surface area contributed by atoms with Crippen LogP contribution in [0.2, 0.25) is 0 Å². The number of hydrogen-bond donors (Lipinski definition) is 1. The molecule has 1 N–H and O–H groups in total. The topological polar surface area (TPSA) is 88.3 Å². The number of carboxylic acids is 1. The van der Waals surface area contributed by atoms with Gasteiger partial charge in [0.25, 0.3) is 5.91 Å². The van der Waals surface area contributed by atoms with E-state index in [9.17, 15) is 14.7 Å². The molecule has 1 aliphatic heterocycles. The monoisotopic (exact) mass is 350 g/mol. The first kappa shape index (κ1) is 16.3. The van der Waals surface area contributed by atoms with Crippen molar-refractivity contribution in [1.82, 2.24) is 19.7 Å². The van der Waals surface area contributed by atoms with E-state index in [4.69, 9.17) is 0 Å². The molecule has 0 aliphatic carbocycles. The lowest BCUT2D eigenvalue weighted by molar-refractivity contribution is -0.142. The minimum atomic E-state index is -1.00. The van der Waals surface area contributed by atoms with Gasteiger partial charge in [-0.05, 0) is 24.1 Å². The van der Waals surface area contributed by atoms with Crippen molar-refractivity contribution in [2.24, 2.45) is 7.05 Å². The molecule has 3 aromatic rings. The van der Waals surface area contributed by atoms with Crippen LogP contribution in [0.1, 0.15) is 27.2 Å². The second kappa shape index (κ2) is 5.94. The molecule has 0 bridgehead atoms. The Morgan fingerprint density at radius 3 is 2.69 bits per heavy atom. The number of aliphatic carboxylic acids is 1. The summed E-state index contributed by atoms with van der Waals surface area (Å²) in [5.41, 5.74) is 3.80. The first-order valence-electron chi connectivity index (χ1n) is 8.35. The van der Waals surface area contributed by atoms with Crippen molar-refractivity contribution in [3.05, 3.63) is 58.9 Å². The molecule has 1 atom stereocenters. The van der Waals surface area contributed by atoms with E-state index < -0.39 is 12.0 Å². The number of fused-ring (bicyclic) bond motifs is 2. The van der Waals surface area contributed by atoms with Gasteiger partial charge in [-0.2, -0.15) is 5.10 Å². The SMILES string of the molecule is Cc1nn(C)c2ncc(C(=O)N3Cc4ccccc4C[C@H]3C(=O)O)cc12. The predicted molar refractivity (Wildman–Crippen MR) is 94.7 cm³/mol. The summed E-state index contributed by atoms with van der Waals surface area (Å²) in [5.74, 6) is -1.33. The highest BCUT2D eigenvalue weighted by Crippen LogP contribution is 2.26. The first-order valence-corrected chi connectivity index (χ1v) is 8.35. The fraction of sp³-hybridized carbons (Fsp3) is 0.263. The van der Waals surface area contributed by atoms with Crippen LogP contribution in [0, 0.1) is 6.92 Å². The van der Waals surface area contributed by atoms with Crippen LogP contribution < -0.4 is 0 Å². The standard InChI is InChI=1S/C19H18N4O3/c1-11-15-7-14(9-20-17(15)22(2)21-11)18(24)23-10-13-6-4-3-5-12(13)8-16(23)19(25)26/h3-7,9,16H,8,10H2,1-2H3,(H,25,26)/t16-/m0/s1. The number of rotatable bonds is 2. The number of carbonyl (C=O) groups excluding carboxylic acids is 1. The van der Waals surface area contributed by atoms with Crippen molar-refractivity contribution < 1.29 is 14.7 Å². The van der Waals surface area contributed by atoms with Gasteiger partial charge in [0.2, 0.25) is 0 Å². The van der Waals surface area contributed by atoms with Gasteiger partial charge in [-0.25, -0.2) is 9.78 Å². The maximum atomic E-state index is 13.1. The van der Waals surface area contributed by atoms with Crippen LogP contribution in [0.5, 0.6) is 0 Å². The Labute approximate surface area is 149 Å². The van der Waals surface area contributed by atoms with Gasteiger partial charge in [0.15, 0.2) is 5.65 Å². The molecule has 0 radical (unpaired) electrons. The molecular formula is C19H18N4O3. The fourth-order valence-electron chi connectivity index (χ4n) is 3.55. The molecule has 1 aliphatic rings. The summed E-state index contributed by atoms with van der Waals surface area (Å²) in [5, 5.41) is 14.7. The van der Waals surface area contributed by atoms with Gasteiger partial charge in [0.05, 0.1) is 11.3 Å². The van der Waals surface area contributed by atoms with E-state index in [2.05, 4.69) is 10.1 Å². The zero-order valence-electron chi connectivity index (χ0n) is 14.5. The van der Waals surface area contributed by atoms with E-state index >= 15 is 0 Å². The largest absolute Gasteiger partial charge is 0.480 e. The number of carbonyl (C=O) groups is 2. The maximum absolute atomic E-state index is 13.1. The summed E-state index contributed by atoms with van der Waals surface area (Å²) in [4.78, 5) is 30.6. The third-order valence-corrected chi connectivity index (χ3v) is 4.90. The van der Waals surface area contributed by atoms with Crippen molar-refractivity contribution in [2.45, 2.75) is 25.9 Å². The van der Waals surface area contributed by atoms with Crippen LogP contribution in [-0.2, 0) is 24.8 Å². The van der Waals surface area contributed by atoms with Crippen LogP contribution in [-0.4, -0.2) is 42.7 Å². The van der Waals surface area contributed by atoms with Gasteiger partial charge in [-0.15, -0.1) is 0 Å². The molecule has 7 heteroatoms. The lowest BCUT2D eigenvalue weighted by Crippen LogP contribution is -2.48. The minimum absolute atomic E-state index is 0.274. The van der Waals surface area contributed by atoms with Crippen molar-refractivity contribution in [1.29, 1.82) is 0 Å². The number of benzene rings is 1. The number of nitrogens with zero attached hydrogens (tertiary/aromatic N) is 4. The second-order valence-electron chi connectivity index (χ2n) is 6.56. The van der Waals surface area contributed by atoms with Crippen molar-refractivity contribution in [2.75, 3.05) is 0 Å². The number of carboxylic acid groups (broad SMARTS) is 1. The molecule has 7 nitrogen and oxygen atoms in total. The molecule has 26 heavy (non-hydrogen) atoms.